The van der Waals surface area contributed by atoms with Crippen LogP contribution in [0.1, 0.15) is 6.42 Å². The Morgan fingerprint density at radius 1 is 1.20 bits per heavy atom. The highest BCUT2D eigenvalue weighted by atomic mass is 127. The molecule has 0 fully saturated rings. The van der Waals surface area contributed by atoms with Crippen LogP contribution in [-0.4, -0.2) is 63.7 Å². The molecule has 1 aliphatic rings. The average molecular weight is 524 g/mol. The fraction of sp³-hybridized carbons (Fsp3) is 0.364. The van der Waals surface area contributed by atoms with Crippen LogP contribution in [0.15, 0.2) is 59.6 Å². The molecule has 1 heterocycles. The Hall–Kier alpha value is -2.49. The lowest BCUT2D eigenvalue weighted by atomic mass is 10.2. The molecule has 0 unspecified atom stereocenters. The molecular formula is C22H29IN4O3. The van der Waals surface area contributed by atoms with Gasteiger partial charge in [-0.3, -0.25) is 9.79 Å². The van der Waals surface area contributed by atoms with E-state index in [1.54, 1.807) is 11.9 Å². The van der Waals surface area contributed by atoms with Crippen molar-refractivity contribution in [2.45, 2.75) is 6.42 Å². The molecule has 1 N–H and O–H groups in total. The van der Waals surface area contributed by atoms with Crippen molar-refractivity contribution in [2.75, 3.05) is 51.8 Å². The van der Waals surface area contributed by atoms with Crippen molar-refractivity contribution in [1.82, 2.24) is 10.2 Å². The van der Waals surface area contributed by atoms with Crippen molar-refractivity contribution in [3.05, 3.63) is 54.6 Å². The molecular weight excluding hydrogens is 495 g/mol. The van der Waals surface area contributed by atoms with Gasteiger partial charge >= 0.3 is 0 Å². The van der Waals surface area contributed by atoms with E-state index in [1.807, 2.05) is 66.5 Å². The second-order valence-electron chi connectivity index (χ2n) is 6.71. The zero-order valence-electron chi connectivity index (χ0n) is 17.4. The Morgan fingerprint density at radius 2 is 1.93 bits per heavy atom. The minimum absolute atomic E-state index is 0. The highest BCUT2D eigenvalue weighted by Gasteiger charge is 2.24. The third kappa shape index (κ3) is 6.51. The quantitative estimate of drug-likeness (QED) is 0.249. The number of likely N-dealkylation sites (N-methyl/N-ethyl adjacent to an activating group) is 1. The summed E-state index contributed by atoms with van der Waals surface area (Å²) in [5.41, 5.74) is 0.836. The van der Waals surface area contributed by atoms with Gasteiger partial charge in [-0.2, -0.15) is 0 Å². The zero-order chi connectivity index (χ0) is 20.5. The molecule has 162 valence electrons. The predicted octanol–water partition coefficient (Wildman–Crippen LogP) is 3.01. The number of amides is 1. The summed E-state index contributed by atoms with van der Waals surface area (Å²) in [6.07, 6.45) is 0.799. The molecule has 3 rings (SSSR count). The van der Waals surface area contributed by atoms with E-state index in [9.17, 15) is 4.79 Å². The predicted molar refractivity (Wildman–Crippen MR) is 130 cm³/mol. The topological polar surface area (TPSA) is 66.4 Å². The Bertz CT molecular complexity index is 832. The van der Waals surface area contributed by atoms with E-state index < -0.39 is 0 Å². The minimum Gasteiger partial charge on any atom is -0.492 e. The number of ether oxygens (including phenoxy) is 2. The number of carbonyl (C=O) groups excluding carboxylic acids is 1. The number of aliphatic imine (C=N–C) groups is 1. The molecule has 0 spiro atoms. The minimum atomic E-state index is -0.0109. The molecule has 2 aromatic carbocycles. The first-order valence-corrected chi connectivity index (χ1v) is 9.81. The molecule has 0 bridgehead atoms. The number of carbonyl (C=O) groups is 1. The largest absolute Gasteiger partial charge is 0.492 e. The van der Waals surface area contributed by atoms with Gasteiger partial charge in [0.05, 0.1) is 12.2 Å². The van der Waals surface area contributed by atoms with Crippen molar-refractivity contribution in [1.29, 1.82) is 0 Å². The highest BCUT2D eigenvalue weighted by molar-refractivity contribution is 14.0. The van der Waals surface area contributed by atoms with Crippen LogP contribution in [0.25, 0.3) is 0 Å². The Morgan fingerprint density at radius 3 is 2.70 bits per heavy atom. The zero-order valence-corrected chi connectivity index (χ0v) is 19.7. The molecule has 30 heavy (non-hydrogen) atoms. The first-order valence-electron chi connectivity index (χ1n) is 9.81. The number of hydrogen-bond acceptors (Lipinski definition) is 4. The fourth-order valence-corrected chi connectivity index (χ4v) is 3.14. The van der Waals surface area contributed by atoms with E-state index >= 15 is 0 Å². The number of nitrogens with one attached hydrogen (secondary N) is 1. The molecule has 1 aliphatic heterocycles. The van der Waals surface area contributed by atoms with E-state index in [2.05, 4.69) is 10.3 Å². The van der Waals surface area contributed by atoms with Gasteiger partial charge < -0.3 is 24.6 Å². The summed E-state index contributed by atoms with van der Waals surface area (Å²) >= 11 is 0. The van der Waals surface area contributed by atoms with Gasteiger partial charge in [-0.15, -0.1) is 24.0 Å². The van der Waals surface area contributed by atoms with Crippen molar-refractivity contribution in [3.8, 4) is 11.5 Å². The smallest absolute Gasteiger partial charge is 0.265 e. The summed E-state index contributed by atoms with van der Waals surface area (Å²) in [6, 6.07) is 17.4. The number of fused-ring (bicyclic) bond motifs is 1. The van der Waals surface area contributed by atoms with Crippen LogP contribution in [-0.2, 0) is 4.79 Å². The van der Waals surface area contributed by atoms with Gasteiger partial charge in [-0.1, -0.05) is 30.3 Å². The maximum atomic E-state index is 12.2. The number of halogens is 1. The molecule has 0 saturated carbocycles. The molecule has 7 nitrogen and oxygen atoms in total. The van der Waals surface area contributed by atoms with Crippen LogP contribution in [0.3, 0.4) is 0 Å². The maximum Gasteiger partial charge on any atom is 0.265 e. The van der Waals surface area contributed by atoms with Gasteiger partial charge in [0.25, 0.3) is 5.91 Å². The van der Waals surface area contributed by atoms with Gasteiger partial charge in [0.2, 0.25) is 0 Å². The van der Waals surface area contributed by atoms with E-state index in [-0.39, 0.29) is 36.5 Å². The Labute approximate surface area is 195 Å². The molecule has 8 heteroatoms. The van der Waals surface area contributed by atoms with Crippen LogP contribution >= 0.6 is 24.0 Å². The van der Waals surface area contributed by atoms with Crippen molar-refractivity contribution in [2.24, 2.45) is 4.99 Å². The lowest BCUT2D eigenvalue weighted by Crippen LogP contribution is -2.43. The normalized spacial score (nSPS) is 13.1. The number of nitrogens with zero attached hydrogens (tertiary/aromatic N) is 3. The molecule has 0 atom stereocenters. The highest BCUT2D eigenvalue weighted by Crippen LogP contribution is 2.31. The maximum absolute atomic E-state index is 12.2. The van der Waals surface area contributed by atoms with Gasteiger partial charge in [0, 0.05) is 27.2 Å². The summed E-state index contributed by atoms with van der Waals surface area (Å²) < 4.78 is 11.2. The second-order valence-corrected chi connectivity index (χ2v) is 6.71. The Balaban J connectivity index is 0.00000320. The number of rotatable bonds is 8. The van der Waals surface area contributed by atoms with Gasteiger partial charge in [-0.05, 0) is 30.7 Å². The number of hydrogen-bond donors (Lipinski definition) is 1. The van der Waals surface area contributed by atoms with Crippen LogP contribution in [0, 0.1) is 0 Å². The summed E-state index contributed by atoms with van der Waals surface area (Å²) in [6.45, 7) is 2.72. The third-order valence-corrected chi connectivity index (χ3v) is 4.66. The van der Waals surface area contributed by atoms with Crippen molar-refractivity contribution in [3.63, 3.8) is 0 Å². The molecule has 0 aromatic heterocycles. The van der Waals surface area contributed by atoms with E-state index in [1.165, 1.54) is 0 Å². The lowest BCUT2D eigenvalue weighted by molar-refractivity contribution is -0.121. The van der Waals surface area contributed by atoms with E-state index in [0.717, 1.165) is 29.6 Å². The summed E-state index contributed by atoms with van der Waals surface area (Å²) in [5.74, 6) is 2.41. The van der Waals surface area contributed by atoms with Gasteiger partial charge in [0.1, 0.15) is 18.1 Å². The van der Waals surface area contributed by atoms with Crippen LogP contribution in [0.2, 0.25) is 0 Å². The fourth-order valence-electron chi connectivity index (χ4n) is 3.14. The standard InChI is InChI=1S/C22H28N4O3.HI/c1-23-22(25(2)15-16-28-18-9-4-3-5-10-18)24-13-8-14-26-19-11-6-7-12-20(19)29-17-21(26)27;/h3-7,9-12H,8,13-17H2,1-2H3,(H,23,24);1H. The first-order chi connectivity index (χ1) is 14.2. The molecule has 1 amide bonds. The first kappa shape index (κ1) is 23.8. The molecule has 2 aromatic rings. The molecule has 0 saturated heterocycles. The number of anilines is 1. The summed E-state index contributed by atoms with van der Waals surface area (Å²) in [4.78, 5) is 20.4. The van der Waals surface area contributed by atoms with Crippen LogP contribution in [0.4, 0.5) is 5.69 Å². The van der Waals surface area contributed by atoms with Crippen molar-refractivity contribution >= 4 is 41.5 Å². The SMILES string of the molecule is CN=C(NCCCN1C(=O)COc2ccccc21)N(C)CCOc1ccccc1.I. The lowest BCUT2D eigenvalue weighted by Gasteiger charge is -2.29. The van der Waals surface area contributed by atoms with Gasteiger partial charge in [0.15, 0.2) is 12.6 Å². The van der Waals surface area contributed by atoms with Crippen molar-refractivity contribution < 1.29 is 14.3 Å². The van der Waals surface area contributed by atoms with Gasteiger partial charge in [-0.25, -0.2) is 0 Å². The average Bonchev–Trinajstić information content (AvgIpc) is 2.75. The monoisotopic (exact) mass is 524 g/mol. The molecule has 0 radical (unpaired) electrons. The third-order valence-electron chi connectivity index (χ3n) is 4.66. The Kier molecular flexibility index (Phi) is 9.72. The van der Waals surface area contributed by atoms with Crippen LogP contribution in [0.5, 0.6) is 11.5 Å². The second kappa shape index (κ2) is 12.3. The van der Waals surface area contributed by atoms with E-state index in [0.29, 0.717) is 26.2 Å². The summed E-state index contributed by atoms with van der Waals surface area (Å²) in [5, 5.41) is 3.35. The summed E-state index contributed by atoms with van der Waals surface area (Å²) in [7, 11) is 3.74. The van der Waals surface area contributed by atoms with E-state index in [4.69, 9.17) is 9.47 Å². The number of guanidine groups is 1. The number of benzene rings is 2. The van der Waals surface area contributed by atoms with Crippen LogP contribution < -0.4 is 19.7 Å². The molecule has 0 aliphatic carbocycles. The number of para-hydroxylation sites is 3.